The Hall–Kier alpha value is -1.96. The van der Waals surface area contributed by atoms with Crippen LogP contribution in [0.15, 0.2) is 35.5 Å². The van der Waals surface area contributed by atoms with Crippen LogP contribution in [0.4, 0.5) is 0 Å². The van der Waals surface area contributed by atoms with Crippen LogP contribution in [0.25, 0.3) is 0 Å². The van der Waals surface area contributed by atoms with Gasteiger partial charge in [-0.05, 0) is 37.3 Å². The minimum absolute atomic E-state index is 0.316. The Morgan fingerprint density at radius 2 is 2.07 bits per heavy atom. The molecule has 1 aromatic heterocycles. The van der Waals surface area contributed by atoms with Crippen LogP contribution in [0.3, 0.4) is 0 Å². The first-order valence-electron chi connectivity index (χ1n) is 11.0. The molecule has 0 bridgehead atoms. The lowest BCUT2D eigenvalue weighted by molar-refractivity contribution is -0.0390. The fourth-order valence-corrected chi connectivity index (χ4v) is 4.16. The molecule has 1 aliphatic heterocycles. The molecule has 0 spiro atoms. The van der Waals surface area contributed by atoms with E-state index >= 15 is 0 Å². The quantitative estimate of drug-likeness (QED) is 0.444. The first-order valence-corrected chi connectivity index (χ1v) is 11.8. The Balaban J connectivity index is 1.48. The maximum atomic E-state index is 6.05. The van der Waals surface area contributed by atoms with Crippen molar-refractivity contribution in [1.29, 1.82) is 0 Å². The molecule has 0 unspecified atom stereocenters. The zero-order chi connectivity index (χ0) is 21.0. The van der Waals surface area contributed by atoms with E-state index in [1.54, 1.807) is 11.3 Å². The van der Waals surface area contributed by atoms with Crippen LogP contribution >= 0.6 is 11.3 Å². The lowest BCUT2D eigenvalue weighted by Crippen LogP contribution is -2.38. The topological polar surface area (TPSA) is 67.8 Å². The molecule has 0 saturated carbocycles. The van der Waals surface area contributed by atoms with Crippen molar-refractivity contribution in [2.24, 2.45) is 4.99 Å². The highest BCUT2D eigenvalue weighted by Gasteiger charge is 2.14. The molecule has 1 aliphatic rings. The molecule has 0 aliphatic carbocycles. The Morgan fingerprint density at radius 3 is 2.83 bits per heavy atom. The molecule has 0 atom stereocenters. The number of benzene rings is 1. The van der Waals surface area contributed by atoms with Gasteiger partial charge in [0.05, 0.1) is 24.3 Å². The second-order valence-corrected chi connectivity index (χ2v) is 8.59. The Labute approximate surface area is 184 Å². The van der Waals surface area contributed by atoms with Crippen LogP contribution in [0.2, 0.25) is 0 Å². The number of ether oxygens (including phenoxy) is 2. The van der Waals surface area contributed by atoms with Crippen molar-refractivity contribution in [2.75, 3.05) is 26.3 Å². The maximum Gasteiger partial charge on any atom is 0.191 e. The first-order chi connectivity index (χ1) is 14.8. The summed E-state index contributed by atoms with van der Waals surface area (Å²) in [6, 6.07) is 8.51. The summed E-state index contributed by atoms with van der Waals surface area (Å²) in [5, 5.41) is 7.92. The van der Waals surface area contributed by atoms with Crippen molar-refractivity contribution in [3.05, 3.63) is 51.5 Å². The average Bonchev–Trinajstić information content (AvgIpc) is 3.25. The van der Waals surface area contributed by atoms with Gasteiger partial charge in [-0.1, -0.05) is 31.2 Å². The van der Waals surface area contributed by atoms with Gasteiger partial charge in [0, 0.05) is 43.8 Å². The van der Waals surface area contributed by atoms with Crippen LogP contribution in [0.5, 0.6) is 0 Å². The zero-order valence-electron chi connectivity index (χ0n) is 18.2. The van der Waals surface area contributed by atoms with Crippen molar-refractivity contribution in [3.63, 3.8) is 0 Å². The average molecular weight is 431 g/mol. The van der Waals surface area contributed by atoms with Crippen molar-refractivity contribution in [3.8, 4) is 0 Å². The highest BCUT2D eigenvalue weighted by Crippen LogP contribution is 2.15. The second kappa shape index (κ2) is 12.7. The number of thiazole rings is 1. The molecule has 7 heteroatoms. The van der Waals surface area contributed by atoms with Gasteiger partial charge in [0.1, 0.15) is 0 Å². The molecule has 2 N–H and O–H groups in total. The number of aryl methyl sites for hydroxylation is 1. The third kappa shape index (κ3) is 7.70. The predicted molar refractivity (Wildman–Crippen MR) is 123 cm³/mol. The number of aromatic nitrogens is 1. The molecule has 1 fully saturated rings. The van der Waals surface area contributed by atoms with E-state index in [0.29, 0.717) is 19.3 Å². The number of hydrogen-bond acceptors (Lipinski definition) is 5. The molecule has 1 saturated heterocycles. The molecule has 3 rings (SSSR count). The van der Waals surface area contributed by atoms with E-state index in [4.69, 9.17) is 14.5 Å². The van der Waals surface area contributed by atoms with Gasteiger partial charge in [0.2, 0.25) is 0 Å². The van der Waals surface area contributed by atoms with E-state index in [-0.39, 0.29) is 0 Å². The van der Waals surface area contributed by atoms with Gasteiger partial charge in [-0.15, -0.1) is 11.3 Å². The molecule has 1 aromatic carbocycles. The van der Waals surface area contributed by atoms with E-state index < -0.39 is 0 Å². The van der Waals surface area contributed by atoms with E-state index in [1.807, 2.05) is 6.20 Å². The number of guanidine groups is 1. The van der Waals surface area contributed by atoms with Gasteiger partial charge in [-0.25, -0.2) is 9.98 Å². The van der Waals surface area contributed by atoms with Crippen LogP contribution in [-0.4, -0.2) is 43.4 Å². The fourth-order valence-electron chi connectivity index (χ4n) is 3.30. The van der Waals surface area contributed by atoms with Crippen LogP contribution in [-0.2, 0) is 35.5 Å². The second-order valence-electron chi connectivity index (χ2n) is 7.39. The minimum Gasteiger partial charge on any atom is -0.381 e. The molecule has 0 amide bonds. The third-order valence-electron chi connectivity index (χ3n) is 4.99. The summed E-state index contributed by atoms with van der Waals surface area (Å²) in [7, 11) is 0. The normalized spacial score (nSPS) is 15.3. The van der Waals surface area contributed by atoms with Crippen molar-refractivity contribution in [1.82, 2.24) is 15.6 Å². The van der Waals surface area contributed by atoms with E-state index in [1.165, 1.54) is 21.0 Å². The molecule has 2 aromatic rings. The summed E-state index contributed by atoms with van der Waals surface area (Å²) in [6.07, 6.45) is 6.24. The zero-order valence-corrected chi connectivity index (χ0v) is 19.0. The number of aliphatic imine (C=N–C) groups is 1. The highest BCUT2D eigenvalue weighted by atomic mass is 32.1. The minimum atomic E-state index is 0.316. The van der Waals surface area contributed by atoms with Crippen LogP contribution in [0.1, 0.15) is 47.7 Å². The lowest BCUT2D eigenvalue weighted by atomic mass is 10.1. The summed E-state index contributed by atoms with van der Waals surface area (Å²) in [4.78, 5) is 10.6. The summed E-state index contributed by atoms with van der Waals surface area (Å²) in [5.41, 5.74) is 2.38. The van der Waals surface area contributed by atoms with Gasteiger partial charge in [-0.3, -0.25) is 0 Å². The van der Waals surface area contributed by atoms with Gasteiger partial charge in [0.15, 0.2) is 5.96 Å². The Morgan fingerprint density at radius 1 is 1.23 bits per heavy atom. The molecular formula is C23H34N4O2S. The largest absolute Gasteiger partial charge is 0.381 e. The maximum absolute atomic E-state index is 6.05. The van der Waals surface area contributed by atoms with Crippen molar-refractivity contribution in [2.45, 2.75) is 58.8 Å². The highest BCUT2D eigenvalue weighted by molar-refractivity contribution is 7.11. The summed E-state index contributed by atoms with van der Waals surface area (Å²) in [5.74, 6) is 0.841. The first kappa shape index (κ1) is 22.7. The number of nitrogens with one attached hydrogen (secondary N) is 2. The molecule has 2 heterocycles. The smallest absolute Gasteiger partial charge is 0.191 e. The van der Waals surface area contributed by atoms with Crippen molar-refractivity contribution >= 4 is 17.3 Å². The van der Waals surface area contributed by atoms with E-state index in [9.17, 15) is 0 Å². The monoisotopic (exact) mass is 430 g/mol. The van der Waals surface area contributed by atoms with Gasteiger partial charge in [-0.2, -0.15) is 0 Å². The molecule has 6 nitrogen and oxygen atoms in total. The summed E-state index contributed by atoms with van der Waals surface area (Å²) < 4.78 is 11.4. The molecule has 30 heavy (non-hydrogen) atoms. The molecule has 164 valence electrons. The van der Waals surface area contributed by atoms with Crippen LogP contribution < -0.4 is 10.6 Å². The van der Waals surface area contributed by atoms with Gasteiger partial charge >= 0.3 is 0 Å². The fraction of sp³-hybridized carbons (Fsp3) is 0.565. The number of rotatable bonds is 10. The SMILES string of the molecule is CCNC(=NCc1cccc(COC2CCOCC2)c1)NCCc1ncc(CC)s1. The lowest BCUT2D eigenvalue weighted by Gasteiger charge is -2.22. The van der Waals surface area contributed by atoms with Crippen LogP contribution in [0, 0.1) is 0 Å². The number of nitrogens with zero attached hydrogens (tertiary/aromatic N) is 2. The third-order valence-corrected chi connectivity index (χ3v) is 6.19. The van der Waals surface area contributed by atoms with Crippen molar-refractivity contribution < 1.29 is 9.47 Å². The Kier molecular flexibility index (Phi) is 9.60. The predicted octanol–water partition coefficient (Wildman–Crippen LogP) is 3.70. The van der Waals surface area contributed by atoms with E-state index in [2.05, 4.69) is 53.7 Å². The molecular weight excluding hydrogens is 396 g/mol. The number of hydrogen-bond donors (Lipinski definition) is 2. The Bertz CT molecular complexity index is 787. The standard InChI is InChI=1S/C23H34N4O2S/c1-3-21-16-26-22(30-21)8-11-25-23(24-4-2)27-15-18-6-5-7-19(14-18)17-29-20-9-12-28-13-10-20/h5-7,14,16,20H,3-4,8-13,15,17H2,1-2H3,(H2,24,25,27). The summed E-state index contributed by atoms with van der Waals surface area (Å²) >= 11 is 1.79. The van der Waals surface area contributed by atoms with Gasteiger partial charge < -0.3 is 20.1 Å². The van der Waals surface area contributed by atoms with E-state index in [0.717, 1.165) is 57.9 Å². The summed E-state index contributed by atoms with van der Waals surface area (Å²) in [6.45, 7) is 8.80. The van der Waals surface area contributed by atoms with Gasteiger partial charge in [0.25, 0.3) is 0 Å². The molecule has 0 radical (unpaired) electrons.